The third kappa shape index (κ3) is 1.95. The van der Waals surface area contributed by atoms with E-state index in [-0.39, 0.29) is 0 Å². The molecule has 0 saturated carbocycles. The molecule has 0 bridgehead atoms. The van der Waals surface area contributed by atoms with Crippen molar-refractivity contribution >= 4 is 5.69 Å². The van der Waals surface area contributed by atoms with E-state index in [1.165, 1.54) is 0 Å². The summed E-state index contributed by atoms with van der Waals surface area (Å²) in [7, 11) is 2.15. The number of hydrogen-bond acceptors (Lipinski definition) is 4. The number of nitrogens with zero attached hydrogens (tertiary/aromatic N) is 4. The van der Waals surface area contributed by atoms with E-state index in [9.17, 15) is 0 Å². The minimum Gasteiger partial charge on any atom is -0.366 e. The van der Waals surface area contributed by atoms with Crippen LogP contribution in [0.4, 0.5) is 5.69 Å². The highest BCUT2D eigenvalue weighted by Crippen LogP contribution is 2.11. The van der Waals surface area contributed by atoms with Crippen LogP contribution in [0.3, 0.4) is 0 Å². The summed E-state index contributed by atoms with van der Waals surface area (Å²) in [5.41, 5.74) is 1.10. The molecule has 0 aliphatic carbocycles. The van der Waals surface area contributed by atoms with Crippen molar-refractivity contribution in [3.8, 4) is 0 Å². The second-order valence-electron chi connectivity index (χ2n) is 3.33. The van der Waals surface area contributed by atoms with Gasteiger partial charge >= 0.3 is 0 Å². The zero-order valence-electron chi connectivity index (χ0n) is 7.77. The first-order valence-electron chi connectivity index (χ1n) is 4.48. The normalized spacial score (nSPS) is 19.0. The number of aromatic nitrogens is 2. The zero-order valence-corrected chi connectivity index (χ0v) is 7.77. The van der Waals surface area contributed by atoms with Crippen LogP contribution in [0.1, 0.15) is 0 Å². The molecule has 0 amide bonds. The van der Waals surface area contributed by atoms with Crippen molar-refractivity contribution in [2.24, 2.45) is 0 Å². The average molecular weight is 177 g/mol. The third-order valence-corrected chi connectivity index (χ3v) is 2.38. The molecule has 1 aromatic heterocycles. The molecule has 1 fully saturated rings. The maximum Gasteiger partial charge on any atom is 0.197 e. The van der Waals surface area contributed by atoms with Crippen molar-refractivity contribution in [2.75, 3.05) is 38.1 Å². The van der Waals surface area contributed by atoms with Crippen molar-refractivity contribution in [2.45, 2.75) is 0 Å². The van der Waals surface area contributed by atoms with Crippen LogP contribution < -0.4 is 4.90 Å². The van der Waals surface area contributed by atoms with Crippen molar-refractivity contribution in [3.05, 3.63) is 18.7 Å². The minimum atomic E-state index is 1.06. The largest absolute Gasteiger partial charge is 0.366 e. The van der Waals surface area contributed by atoms with Gasteiger partial charge in [0, 0.05) is 26.2 Å². The van der Waals surface area contributed by atoms with Crippen molar-refractivity contribution in [3.63, 3.8) is 0 Å². The number of rotatable bonds is 1. The van der Waals surface area contributed by atoms with Gasteiger partial charge < -0.3 is 9.80 Å². The van der Waals surface area contributed by atoms with Gasteiger partial charge in [0.25, 0.3) is 0 Å². The molecule has 0 atom stereocenters. The summed E-state index contributed by atoms with van der Waals surface area (Å²) in [6.45, 7) is 4.34. The molecule has 0 unspecified atom stereocenters. The Labute approximate surface area is 78.2 Å². The van der Waals surface area contributed by atoms with E-state index in [1.807, 2.05) is 12.4 Å². The second kappa shape index (κ2) is 3.70. The third-order valence-electron chi connectivity index (χ3n) is 2.38. The van der Waals surface area contributed by atoms with Gasteiger partial charge in [-0.05, 0) is 7.05 Å². The first kappa shape index (κ1) is 8.44. The Balaban J connectivity index is 2.03. The summed E-state index contributed by atoms with van der Waals surface area (Å²) in [4.78, 5) is 12.4. The number of piperazine rings is 1. The van der Waals surface area contributed by atoms with Crippen molar-refractivity contribution < 1.29 is 0 Å². The minimum absolute atomic E-state index is 1.06. The van der Waals surface area contributed by atoms with Crippen LogP contribution >= 0.6 is 0 Å². The standard InChI is InChI=1S/C9H13N4/c1-12-2-4-13(5-3-12)9-6-10-8-11-7-9/h6-7H,2-5H2,1H3. The Kier molecular flexibility index (Phi) is 2.40. The maximum absolute atomic E-state index is 3.89. The molecule has 1 saturated heterocycles. The molecule has 2 heterocycles. The van der Waals surface area contributed by atoms with Crippen molar-refractivity contribution in [1.82, 2.24) is 14.9 Å². The number of anilines is 1. The first-order valence-corrected chi connectivity index (χ1v) is 4.48. The van der Waals surface area contributed by atoms with Gasteiger partial charge in [0.15, 0.2) is 6.33 Å². The second-order valence-corrected chi connectivity index (χ2v) is 3.33. The van der Waals surface area contributed by atoms with Gasteiger partial charge in [0.05, 0.1) is 18.1 Å². The van der Waals surface area contributed by atoms with E-state index in [1.54, 1.807) is 0 Å². The monoisotopic (exact) mass is 177 g/mol. The lowest BCUT2D eigenvalue weighted by Crippen LogP contribution is -2.44. The molecule has 69 valence electrons. The molecule has 1 radical (unpaired) electrons. The van der Waals surface area contributed by atoms with Crippen LogP contribution in [0.5, 0.6) is 0 Å². The average Bonchev–Trinajstić information content (AvgIpc) is 2.20. The molecular formula is C9H13N4. The SMILES string of the molecule is CN1CCN(c2cn[c]nc2)CC1. The van der Waals surface area contributed by atoms with Gasteiger partial charge in [-0.2, -0.15) is 0 Å². The Morgan fingerprint density at radius 3 is 2.38 bits per heavy atom. The highest BCUT2D eigenvalue weighted by Gasteiger charge is 2.13. The van der Waals surface area contributed by atoms with E-state index in [2.05, 4.69) is 33.1 Å². The lowest BCUT2D eigenvalue weighted by molar-refractivity contribution is 0.312. The van der Waals surface area contributed by atoms with Crippen LogP contribution in [-0.2, 0) is 0 Å². The predicted octanol–water partition coefficient (Wildman–Crippen LogP) is 0.0286. The zero-order chi connectivity index (χ0) is 9.10. The van der Waals surface area contributed by atoms with Crippen LogP contribution in [0.25, 0.3) is 0 Å². The molecule has 1 aromatic rings. The molecule has 0 spiro atoms. The molecule has 4 heteroatoms. The maximum atomic E-state index is 3.89. The van der Waals surface area contributed by atoms with Gasteiger partial charge in [-0.25, -0.2) is 9.97 Å². The Morgan fingerprint density at radius 1 is 1.15 bits per heavy atom. The van der Waals surface area contributed by atoms with Crippen LogP contribution in [-0.4, -0.2) is 48.1 Å². The molecule has 2 rings (SSSR count). The van der Waals surface area contributed by atoms with Crippen LogP contribution in [0.2, 0.25) is 0 Å². The summed E-state index contributed by atoms with van der Waals surface area (Å²) >= 11 is 0. The summed E-state index contributed by atoms with van der Waals surface area (Å²) in [6.07, 6.45) is 6.18. The predicted molar refractivity (Wildman–Crippen MR) is 50.6 cm³/mol. The van der Waals surface area contributed by atoms with E-state index >= 15 is 0 Å². The quantitative estimate of drug-likeness (QED) is 0.605. The number of likely N-dealkylation sites (N-methyl/N-ethyl adjacent to an activating group) is 1. The Morgan fingerprint density at radius 2 is 1.77 bits per heavy atom. The molecule has 13 heavy (non-hydrogen) atoms. The Hall–Kier alpha value is -1.16. The van der Waals surface area contributed by atoms with Gasteiger partial charge in [0.1, 0.15) is 0 Å². The number of hydrogen-bond donors (Lipinski definition) is 0. The lowest BCUT2D eigenvalue weighted by Gasteiger charge is -2.33. The van der Waals surface area contributed by atoms with Crippen molar-refractivity contribution in [1.29, 1.82) is 0 Å². The topological polar surface area (TPSA) is 32.3 Å². The summed E-state index contributed by atoms with van der Waals surface area (Å²) < 4.78 is 0. The molecule has 1 aliphatic heterocycles. The molecule has 0 N–H and O–H groups in total. The molecule has 0 aromatic carbocycles. The highest BCUT2D eigenvalue weighted by molar-refractivity contribution is 5.41. The van der Waals surface area contributed by atoms with Gasteiger partial charge in [0.2, 0.25) is 0 Å². The van der Waals surface area contributed by atoms with Gasteiger partial charge in [-0.3, -0.25) is 0 Å². The van der Waals surface area contributed by atoms with E-state index in [4.69, 9.17) is 0 Å². The molecule has 1 aliphatic rings. The smallest absolute Gasteiger partial charge is 0.197 e. The van der Waals surface area contributed by atoms with E-state index < -0.39 is 0 Å². The van der Waals surface area contributed by atoms with Crippen LogP contribution in [0, 0.1) is 6.33 Å². The van der Waals surface area contributed by atoms with E-state index in [0.717, 1.165) is 31.9 Å². The van der Waals surface area contributed by atoms with Gasteiger partial charge in [-0.1, -0.05) is 0 Å². The summed E-state index contributed by atoms with van der Waals surface area (Å²) in [5, 5.41) is 0. The molecular weight excluding hydrogens is 164 g/mol. The van der Waals surface area contributed by atoms with Crippen LogP contribution in [0.15, 0.2) is 12.4 Å². The highest BCUT2D eigenvalue weighted by atomic mass is 15.3. The van der Waals surface area contributed by atoms with Gasteiger partial charge in [-0.15, -0.1) is 0 Å². The molecule has 4 nitrogen and oxygen atoms in total. The fraction of sp³-hybridized carbons (Fsp3) is 0.556. The summed E-state index contributed by atoms with van der Waals surface area (Å²) in [6, 6.07) is 0. The fourth-order valence-electron chi connectivity index (χ4n) is 1.48. The summed E-state index contributed by atoms with van der Waals surface area (Å²) in [5.74, 6) is 0. The first-order chi connectivity index (χ1) is 6.36. The Bertz CT molecular complexity index is 254. The lowest BCUT2D eigenvalue weighted by atomic mass is 10.3. The fourth-order valence-corrected chi connectivity index (χ4v) is 1.48. The van der Waals surface area contributed by atoms with E-state index in [0.29, 0.717) is 0 Å².